The topological polar surface area (TPSA) is 84.9 Å². The molecule has 0 radical (unpaired) electrons. The minimum Gasteiger partial charge on any atom is -0.497 e. The van der Waals surface area contributed by atoms with E-state index < -0.39 is 15.9 Å². The molecule has 1 atom stereocenters. The Morgan fingerprint density at radius 1 is 0.939 bits per heavy atom. The lowest BCUT2D eigenvalue weighted by atomic mass is 9.98. The number of ether oxygens (including phenoxy) is 2. The monoisotopic (exact) mass is 466 g/mol. The van der Waals surface area contributed by atoms with Gasteiger partial charge >= 0.3 is 0 Å². The van der Waals surface area contributed by atoms with E-state index in [4.69, 9.17) is 9.47 Å². The Bertz CT molecular complexity index is 1200. The first-order valence-electron chi connectivity index (χ1n) is 10.7. The number of amides is 1. The molecule has 0 spiro atoms. The second kappa shape index (κ2) is 10.1. The van der Waals surface area contributed by atoms with Crippen LogP contribution in [0.25, 0.3) is 0 Å². The summed E-state index contributed by atoms with van der Waals surface area (Å²) in [4.78, 5) is 13.2. The Balaban J connectivity index is 1.46. The van der Waals surface area contributed by atoms with Crippen LogP contribution in [0.1, 0.15) is 12.8 Å². The van der Waals surface area contributed by atoms with Crippen molar-refractivity contribution in [2.75, 3.05) is 25.5 Å². The Kier molecular flexibility index (Phi) is 6.96. The normalized spacial score (nSPS) is 16.7. The first-order valence-corrected chi connectivity index (χ1v) is 12.2. The van der Waals surface area contributed by atoms with Gasteiger partial charge in [-0.1, -0.05) is 30.3 Å². The number of rotatable bonds is 7. The maximum atomic E-state index is 13.1. The number of nitrogens with zero attached hydrogens (tertiary/aromatic N) is 1. The smallest absolute Gasteiger partial charge is 0.243 e. The third-order valence-corrected chi connectivity index (χ3v) is 7.45. The first-order chi connectivity index (χ1) is 16.0. The van der Waals surface area contributed by atoms with Crippen molar-refractivity contribution in [3.8, 4) is 17.2 Å². The van der Waals surface area contributed by atoms with E-state index in [-0.39, 0.29) is 17.3 Å². The molecule has 1 amide bonds. The summed E-state index contributed by atoms with van der Waals surface area (Å²) in [7, 11) is -2.17. The zero-order valence-corrected chi connectivity index (χ0v) is 19.1. The van der Waals surface area contributed by atoms with Gasteiger partial charge in [0.25, 0.3) is 0 Å². The Morgan fingerprint density at radius 3 is 2.36 bits per heavy atom. The number of para-hydroxylation sites is 3. The molecule has 172 valence electrons. The van der Waals surface area contributed by atoms with Crippen LogP contribution in [0.15, 0.2) is 83.8 Å². The van der Waals surface area contributed by atoms with Crippen LogP contribution in [-0.4, -0.2) is 38.8 Å². The fraction of sp³-hybridized carbons (Fsp3) is 0.240. The third kappa shape index (κ3) is 5.35. The number of carbonyl (C=O) groups excluding carboxylic acids is 1. The Labute approximate surface area is 194 Å². The molecule has 1 N–H and O–H groups in total. The highest BCUT2D eigenvalue weighted by Gasteiger charge is 2.33. The molecule has 1 aliphatic rings. The van der Waals surface area contributed by atoms with E-state index in [0.717, 1.165) is 0 Å². The van der Waals surface area contributed by atoms with Crippen LogP contribution in [0.2, 0.25) is 0 Å². The zero-order valence-electron chi connectivity index (χ0n) is 18.3. The number of sulfonamides is 1. The van der Waals surface area contributed by atoms with Crippen LogP contribution in [0.4, 0.5) is 5.69 Å². The average Bonchev–Trinajstić information content (AvgIpc) is 2.86. The molecule has 33 heavy (non-hydrogen) atoms. The molecule has 0 unspecified atom stereocenters. The lowest BCUT2D eigenvalue weighted by molar-refractivity contribution is -0.120. The minimum atomic E-state index is -3.70. The lowest BCUT2D eigenvalue weighted by Gasteiger charge is -2.31. The maximum absolute atomic E-state index is 13.1. The van der Waals surface area contributed by atoms with Gasteiger partial charge in [0, 0.05) is 13.1 Å². The molecule has 1 saturated heterocycles. The summed E-state index contributed by atoms with van der Waals surface area (Å²) in [5.74, 6) is 1.08. The summed E-state index contributed by atoms with van der Waals surface area (Å²) >= 11 is 0. The highest BCUT2D eigenvalue weighted by Crippen LogP contribution is 2.31. The second-order valence-corrected chi connectivity index (χ2v) is 9.72. The third-order valence-electron chi connectivity index (χ3n) is 5.57. The first kappa shape index (κ1) is 22.8. The van der Waals surface area contributed by atoms with E-state index >= 15 is 0 Å². The van der Waals surface area contributed by atoms with Crippen molar-refractivity contribution < 1.29 is 22.7 Å². The van der Waals surface area contributed by atoms with E-state index in [0.29, 0.717) is 42.3 Å². The fourth-order valence-electron chi connectivity index (χ4n) is 3.78. The molecule has 7 nitrogen and oxygen atoms in total. The number of hydrogen-bond acceptors (Lipinski definition) is 5. The van der Waals surface area contributed by atoms with Gasteiger partial charge in [-0.2, -0.15) is 4.31 Å². The quantitative estimate of drug-likeness (QED) is 0.553. The standard InChI is InChI=1S/C25H26N2O5S/c1-31-20-13-15-22(16-14-20)33(29,30)27-17-7-8-19(18-27)25(28)26-23-11-5-6-12-24(23)32-21-9-3-2-4-10-21/h2-6,9-16,19H,7-8,17-18H2,1H3,(H,26,28)/t19-/m1/s1. The highest BCUT2D eigenvalue weighted by molar-refractivity contribution is 7.89. The molecule has 8 heteroatoms. The molecule has 1 aliphatic heterocycles. The SMILES string of the molecule is COc1ccc(S(=O)(=O)N2CCC[C@@H](C(=O)Nc3ccccc3Oc3ccccc3)C2)cc1. The molecule has 3 aromatic rings. The van der Waals surface area contributed by atoms with Crippen molar-refractivity contribution >= 4 is 21.6 Å². The van der Waals surface area contributed by atoms with Gasteiger partial charge in [0.2, 0.25) is 15.9 Å². The molecule has 0 bridgehead atoms. The molecule has 0 aliphatic carbocycles. The van der Waals surface area contributed by atoms with Gasteiger partial charge in [0.1, 0.15) is 11.5 Å². The van der Waals surface area contributed by atoms with Gasteiger partial charge in [0.05, 0.1) is 23.6 Å². The van der Waals surface area contributed by atoms with E-state index in [1.165, 1.54) is 23.5 Å². The van der Waals surface area contributed by atoms with Crippen LogP contribution in [0, 0.1) is 5.92 Å². The maximum Gasteiger partial charge on any atom is 0.243 e. The Morgan fingerprint density at radius 2 is 1.64 bits per heavy atom. The molecule has 1 heterocycles. The summed E-state index contributed by atoms with van der Waals surface area (Å²) in [5.41, 5.74) is 0.543. The van der Waals surface area contributed by atoms with E-state index in [2.05, 4.69) is 5.32 Å². The van der Waals surface area contributed by atoms with Crippen LogP contribution in [0.3, 0.4) is 0 Å². The molecular weight excluding hydrogens is 440 g/mol. The molecular formula is C25H26N2O5S. The van der Waals surface area contributed by atoms with Crippen molar-refractivity contribution in [2.45, 2.75) is 17.7 Å². The summed E-state index contributed by atoms with van der Waals surface area (Å²) < 4.78 is 38.6. The van der Waals surface area contributed by atoms with Crippen molar-refractivity contribution in [2.24, 2.45) is 5.92 Å². The number of carbonyl (C=O) groups is 1. The van der Waals surface area contributed by atoms with Crippen LogP contribution >= 0.6 is 0 Å². The summed E-state index contributed by atoms with van der Waals surface area (Å²) in [6, 6.07) is 22.8. The van der Waals surface area contributed by atoms with Crippen molar-refractivity contribution in [1.82, 2.24) is 4.31 Å². The van der Waals surface area contributed by atoms with Crippen molar-refractivity contribution in [3.63, 3.8) is 0 Å². The summed E-state index contributed by atoms with van der Waals surface area (Å²) in [6.45, 7) is 0.508. The average molecular weight is 467 g/mol. The minimum absolute atomic E-state index is 0.127. The summed E-state index contributed by atoms with van der Waals surface area (Å²) in [5, 5.41) is 2.93. The molecule has 1 fully saturated rings. The number of benzene rings is 3. The van der Waals surface area contributed by atoms with Crippen molar-refractivity contribution in [1.29, 1.82) is 0 Å². The molecule has 0 saturated carbocycles. The van der Waals surface area contributed by atoms with Crippen LogP contribution in [-0.2, 0) is 14.8 Å². The summed E-state index contributed by atoms with van der Waals surface area (Å²) in [6.07, 6.45) is 1.22. The van der Waals surface area contributed by atoms with E-state index in [9.17, 15) is 13.2 Å². The predicted molar refractivity (Wildman–Crippen MR) is 126 cm³/mol. The van der Waals surface area contributed by atoms with Gasteiger partial charge in [0.15, 0.2) is 5.75 Å². The second-order valence-electron chi connectivity index (χ2n) is 7.78. The zero-order chi connectivity index (χ0) is 23.3. The van der Waals surface area contributed by atoms with E-state index in [1.807, 2.05) is 42.5 Å². The van der Waals surface area contributed by atoms with Gasteiger partial charge in [-0.05, 0) is 61.4 Å². The van der Waals surface area contributed by atoms with Crippen LogP contribution in [0.5, 0.6) is 17.2 Å². The van der Waals surface area contributed by atoms with Gasteiger partial charge in [-0.3, -0.25) is 4.79 Å². The highest BCUT2D eigenvalue weighted by atomic mass is 32.2. The van der Waals surface area contributed by atoms with Crippen LogP contribution < -0.4 is 14.8 Å². The number of nitrogens with one attached hydrogen (secondary N) is 1. The molecule has 0 aromatic heterocycles. The Hall–Kier alpha value is -3.36. The van der Waals surface area contributed by atoms with Gasteiger partial charge in [-0.25, -0.2) is 8.42 Å². The number of anilines is 1. The lowest BCUT2D eigenvalue weighted by Crippen LogP contribution is -2.43. The van der Waals surface area contributed by atoms with Crippen molar-refractivity contribution in [3.05, 3.63) is 78.9 Å². The largest absolute Gasteiger partial charge is 0.497 e. The van der Waals surface area contributed by atoms with Gasteiger partial charge < -0.3 is 14.8 Å². The fourth-order valence-corrected chi connectivity index (χ4v) is 5.30. The number of piperidine rings is 1. The van der Waals surface area contributed by atoms with E-state index in [1.54, 1.807) is 24.3 Å². The number of methoxy groups -OCH3 is 1. The predicted octanol–water partition coefficient (Wildman–Crippen LogP) is 4.53. The molecule has 3 aromatic carbocycles. The molecule has 4 rings (SSSR count). The number of hydrogen-bond donors (Lipinski definition) is 1. The van der Waals surface area contributed by atoms with Gasteiger partial charge in [-0.15, -0.1) is 0 Å².